The molecule has 1 aliphatic rings. The minimum atomic E-state index is -0.189. The molecule has 1 heterocycles. The van der Waals surface area contributed by atoms with Crippen molar-refractivity contribution in [1.29, 1.82) is 0 Å². The summed E-state index contributed by atoms with van der Waals surface area (Å²) in [5.74, 6) is 1.34. The van der Waals surface area contributed by atoms with Crippen molar-refractivity contribution in [2.75, 3.05) is 32.1 Å². The number of rotatable bonds is 4. The standard InChI is InChI=1S/C18H20N2O3/c1-20(2)14-7-5-6-13(10-14)18(21)19-11-15-12-22-16-8-3-4-9-17(16)23-15/h3-10,15H,11-12H2,1-2H3,(H,19,21). The lowest BCUT2D eigenvalue weighted by Gasteiger charge is -2.26. The average molecular weight is 312 g/mol. The van der Waals surface area contributed by atoms with Crippen molar-refractivity contribution < 1.29 is 14.3 Å². The Morgan fingerprint density at radius 1 is 1.17 bits per heavy atom. The van der Waals surface area contributed by atoms with Gasteiger partial charge in [-0.05, 0) is 30.3 Å². The Balaban J connectivity index is 1.59. The van der Waals surface area contributed by atoms with Gasteiger partial charge in [0.15, 0.2) is 11.5 Å². The summed E-state index contributed by atoms with van der Waals surface area (Å²) < 4.78 is 11.5. The zero-order chi connectivity index (χ0) is 16.2. The maximum absolute atomic E-state index is 12.3. The van der Waals surface area contributed by atoms with Gasteiger partial charge in [-0.15, -0.1) is 0 Å². The van der Waals surface area contributed by atoms with Crippen LogP contribution in [0.5, 0.6) is 11.5 Å². The number of fused-ring (bicyclic) bond motifs is 1. The molecule has 5 heteroatoms. The molecule has 0 spiro atoms. The van der Waals surface area contributed by atoms with Crippen LogP contribution in [0.25, 0.3) is 0 Å². The Morgan fingerprint density at radius 2 is 1.96 bits per heavy atom. The number of hydrogen-bond acceptors (Lipinski definition) is 4. The highest BCUT2D eigenvalue weighted by atomic mass is 16.6. The second-order valence-corrected chi connectivity index (χ2v) is 5.65. The molecule has 2 aromatic rings. The summed E-state index contributed by atoms with van der Waals surface area (Å²) >= 11 is 0. The van der Waals surface area contributed by atoms with Crippen molar-refractivity contribution in [2.24, 2.45) is 0 Å². The first kappa shape index (κ1) is 15.2. The van der Waals surface area contributed by atoms with Crippen LogP contribution in [0.4, 0.5) is 5.69 Å². The average Bonchev–Trinajstić information content (AvgIpc) is 2.59. The Hall–Kier alpha value is -2.69. The number of hydrogen-bond donors (Lipinski definition) is 1. The number of para-hydroxylation sites is 2. The van der Waals surface area contributed by atoms with E-state index in [1.54, 1.807) is 6.07 Å². The summed E-state index contributed by atoms with van der Waals surface area (Å²) in [6.07, 6.45) is -0.189. The number of benzene rings is 2. The van der Waals surface area contributed by atoms with E-state index >= 15 is 0 Å². The molecule has 23 heavy (non-hydrogen) atoms. The van der Waals surface area contributed by atoms with E-state index < -0.39 is 0 Å². The van der Waals surface area contributed by atoms with Crippen molar-refractivity contribution in [3.8, 4) is 11.5 Å². The molecule has 0 bridgehead atoms. The van der Waals surface area contributed by atoms with Gasteiger partial charge in [-0.3, -0.25) is 4.79 Å². The third-order valence-corrected chi connectivity index (χ3v) is 3.68. The highest BCUT2D eigenvalue weighted by Gasteiger charge is 2.21. The molecule has 1 aliphatic heterocycles. The molecule has 2 aromatic carbocycles. The molecule has 1 N–H and O–H groups in total. The summed E-state index contributed by atoms with van der Waals surface area (Å²) in [6.45, 7) is 0.828. The molecule has 1 unspecified atom stereocenters. The van der Waals surface area contributed by atoms with Crippen LogP contribution in [0.2, 0.25) is 0 Å². The second kappa shape index (κ2) is 6.60. The van der Waals surface area contributed by atoms with Crippen LogP contribution in [0.15, 0.2) is 48.5 Å². The zero-order valence-electron chi connectivity index (χ0n) is 13.3. The Bertz CT molecular complexity index is 700. The van der Waals surface area contributed by atoms with E-state index in [9.17, 15) is 4.79 Å². The van der Waals surface area contributed by atoms with Crippen molar-refractivity contribution >= 4 is 11.6 Å². The van der Waals surface area contributed by atoms with Crippen molar-refractivity contribution in [2.45, 2.75) is 6.10 Å². The molecule has 0 radical (unpaired) electrons. The first-order chi connectivity index (χ1) is 11.1. The molecule has 0 saturated carbocycles. The van der Waals surface area contributed by atoms with Crippen molar-refractivity contribution in [3.63, 3.8) is 0 Å². The second-order valence-electron chi connectivity index (χ2n) is 5.65. The number of anilines is 1. The van der Waals surface area contributed by atoms with E-state index in [1.807, 2.05) is 61.5 Å². The quantitative estimate of drug-likeness (QED) is 0.941. The van der Waals surface area contributed by atoms with Gasteiger partial charge >= 0.3 is 0 Å². The molecule has 3 rings (SSSR count). The summed E-state index contributed by atoms with van der Waals surface area (Å²) in [5, 5.41) is 2.90. The summed E-state index contributed by atoms with van der Waals surface area (Å²) in [5.41, 5.74) is 1.62. The van der Waals surface area contributed by atoms with Gasteiger partial charge in [-0.2, -0.15) is 0 Å². The molecule has 5 nitrogen and oxygen atoms in total. The van der Waals surface area contributed by atoms with Crippen molar-refractivity contribution in [3.05, 3.63) is 54.1 Å². The van der Waals surface area contributed by atoms with Crippen LogP contribution >= 0.6 is 0 Å². The number of ether oxygens (including phenoxy) is 2. The molecule has 1 amide bonds. The van der Waals surface area contributed by atoms with Crippen LogP contribution in [-0.4, -0.2) is 39.3 Å². The minimum absolute atomic E-state index is 0.115. The molecule has 0 aliphatic carbocycles. The van der Waals surface area contributed by atoms with E-state index in [-0.39, 0.29) is 12.0 Å². The number of nitrogens with one attached hydrogen (secondary N) is 1. The Kier molecular flexibility index (Phi) is 4.37. The Labute approximate surface area is 135 Å². The van der Waals surface area contributed by atoms with Crippen LogP contribution in [0.3, 0.4) is 0 Å². The predicted molar refractivity (Wildman–Crippen MR) is 89.5 cm³/mol. The number of carbonyl (C=O) groups excluding carboxylic acids is 1. The largest absolute Gasteiger partial charge is 0.486 e. The summed E-state index contributed by atoms with van der Waals surface area (Å²) in [6, 6.07) is 15.0. The van der Waals surface area contributed by atoms with Crippen LogP contribution in [0, 0.1) is 0 Å². The monoisotopic (exact) mass is 312 g/mol. The predicted octanol–water partition coefficient (Wildman–Crippen LogP) is 2.32. The summed E-state index contributed by atoms with van der Waals surface area (Å²) in [4.78, 5) is 14.2. The molecule has 120 valence electrons. The van der Waals surface area contributed by atoms with Gasteiger partial charge in [-0.1, -0.05) is 18.2 Å². The molecule has 0 saturated heterocycles. The van der Waals surface area contributed by atoms with Crippen LogP contribution < -0.4 is 19.7 Å². The van der Waals surface area contributed by atoms with Gasteiger partial charge in [0, 0.05) is 25.3 Å². The fraction of sp³-hybridized carbons (Fsp3) is 0.278. The first-order valence-corrected chi connectivity index (χ1v) is 7.57. The first-order valence-electron chi connectivity index (χ1n) is 7.57. The minimum Gasteiger partial charge on any atom is -0.486 e. The van der Waals surface area contributed by atoms with Crippen LogP contribution in [-0.2, 0) is 0 Å². The highest BCUT2D eigenvalue weighted by molar-refractivity contribution is 5.95. The van der Waals surface area contributed by atoms with Gasteiger partial charge in [0.25, 0.3) is 5.91 Å². The number of amides is 1. The topological polar surface area (TPSA) is 50.8 Å². The smallest absolute Gasteiger partial charge is 0.251 e. The Morgan fingerprint density at radius 3 is 2.74 bits per heavy atom. The van der Waals surface area contributed by atoms with E-state index in [2.05, 4.69) is 5.32 Å². The van der Waals surface area contributed by atoms with Gasteiger partial charge in [0.1, 0.15) is 12.7 Å². The molecule has 1 atom stereocenters. The van der Waals surface area contributed by atoms with Crippen molar-refractivity contribution in [1.82, 2.24) is 5.32 Å². The molecular formula is C18H20N2O3. The van der Waals surface area contributed by atoms with E-state index in [4.69, 9.17) is 9.47 Å². The van der Waals surface area contributed by atoms with Gasteiger partial charge in [0.2, 0.25) is 0 Å². The third-order valence-electron chi connectivity index (χ3n) is 3.68. The van der Waals surface area contributed by atoms with E-state index in [1.165, 1.54) is 0 Å². The fourth-order valence-electron chi connectivity index (χ4n) is 2.40. The van der Waals surface area contributed by atoms with Gasteiger partial charge in [0.05, 0.1) is 6.54 Å². The number of nitrogens with zero attached hydrogens (tertiary/aromatic N) is 1. The normalized spacial score (nSPS) is 15.8. The number of carbonyl (C=O) groups is 1. The van der Waals surface area contributed by atoms with Crippen LogP contribution in [0.1, 0.15) is 10.4 Å². The molecule has 0 fully saturated rings. The SMILES string of the molecule is CN(C)c1cccc(C(=O)NCC2COc3ccccc3O2)c1. The zero-order valence-corrected chi connectivity index (χ0v) is 13.3. The lowest BCUT2D eigenvalue weighted by Crippen LogP contribution is -2.40. The van der Waals surface area contributed by atoms with E-state index in [0.717, 1.165) is 11.4 Å². The van der Waals surface area contributed by atoms with Gasteiger partial charge in [-0.25, -0.2) is 0 Å². The highest BCUT2D eigenvalue weighted by Crippen LogP contribution is 2.30. The maximum atomic E-state index is 12.3. The third kappa shape index (κ3) is 3.56. The fourth-order valence-corrected chi connectivity index (χ4v) is 2.40. The molecule has 0 aromatic heterocycles. The lowest BCUT2D eigenvalue weighted by atomic mass is 10.1. The molecular weight excluding hydrogens is 292 g/mol. The lowest BCUT2D eigenvalue weighted by molar-refractivity contribution is 0.0789. The maximum Gasteiger partial charge on any atom is 0.251 e. The van der Waals surface area contributed by atoms with Gasteiger partial charge < -0.3 is 19.7 Å². The summed E-state index contributed by atoms with van der Waals surface area (Å²) in [7, 11) is 3.89. The van der Waals surface area contributed by atoms with E-state index in [0.29, 0.717) is 24.5 Å².